The van der Waals surface area contributed by atoms with Gasteiger partial charge >= 0.3 is 0 Å². The minimum Gasteiger partial charge on any atom is -0.352 e. The van der Waals surface area contributed by atoms with Gasteiger partial charge in [-0.1, -0.05) is 35.9 Å². The van der Waals surface area contributed by atoms with Crippen LogP contribution >= 0.6 is 0 Å². The Morgan fingerprint density at radius 1 is 1.19 bits per heavy atom. The first-order chi connectivity index (χ1) is 12.6. The lowest BCUT2D eigenvalue weighted by molar-refractivity contribution is -0.128. The lowest BCUT2D eigenvalue weighted by Gasteiger charge is -2.18. The monoisotopic (exact) mass is 353 g/mol. The molecule has 138 valence electrons. The minimum atomic E-state index is 0.0134. The predicted octanol–water partition coefficient (Wildman–Crippen LogP) is 1.76. The highest BCUT2D eigenvalue weighted by atomic mass is 16.2. The Bertz CT molecular complexity index is 730. The quantitative estimate of drug-likeness (QED) is 0.588. The summed E-state index contributed by atoms with van der Waals surface area (Å²) in [6.07, 6.45) is 2.51. The Morgan fingerprint density at radius 2 is 2.04 bits per heavy atom. The Morgan fingerprint density at radius 3 is 2.73 bits per heavy atom. The van der Waals surface area contributed by atoms with Gasteiger partial charge in [-0.2, -0.15) is 0 Å². The van der Waals surface area contributed by atoms with Crippen LogP contribution in [0.15, 0.2) is 53.7 Å². The SMILES string of the molecule is CN=C(NCC(=O)N(C)CCc1ccccn1)NCc1cccc(C)c1. The fourth-order valence-electron chi connectivity index (χ4n) is 2.48. The molecule has 26 heavy (non-hydrogen) atoms. The third-order valence-corrected chi connectivity index (χ3v) is 4.03. The number of nitrogens with one attached hydrogen (secondary N) is 2. The van der Waals surface area contributed by atoms with E-state index < -0.39 is 0 Å². The van der Waals surface area contributed by atoms with Gasteiger partial charge in [-0.25, -0.2) is 0 Å². The minimum absolute atomic E-state index is 0.0134. The summed E-state index contributed by atoms with van der Waals surface area (Å²) in [6.45, 7) is 3.56. The van der Waals surface area contributed by atoms with Crippen molar-refractivity contribution in [2.24, 2.45) is 4.99 Å². The number of carbonyl (C=O) groups is 1. The van der Waals surface area contributed by atoms with Crippen molar-refractivity contribution in [2.75, 3.05) is 27.2 Å². The van der Waals surface area contributed by atoms with Gasteiger partial charge in [-0.15, -0.1) is 0 Å². The molecule has 2 N–H and O–H groups in total. The maximum Gasteiger partial charge on any atom is 0.241 e. The van der Waals surface area contributed by atoms with E-state index >= 15 is 0 Å². The van der Waals surface area contributed by atoms with Crippen LogP contribution in [0.5, 0.6) is 0 Å². The van der Waals surface area contributed by atoms with E-state index in [2.05, 4.69) is 45.7 Å². The van der Waals surface area contributed by atoms with E-state index in [-0.39, 0.29) is 12.5 Å². The van der Waals surface area contributed by atoms with Crippen LogP contribution in [-0.4, -0.2) is 48.9 Å². The fourth-order valence-corrected chi connectivity index (χ4v) is 2.48. The average Bonchev–Trinajstić information content (AvgIpc) is 2.67. The van der Waals surface area contributed by atoms with E-state index in [4.69, 9.17) is 0 Å². The van der Waals surface area contributed by atoms with Crippen LogP contribution in [0.4, 0.5) is 0 Å². The molecule has 0 unspecified atom stereocenters. The molecule has 1 heterocycles. The largest absolute Gasteiger partial charge is 0.352 e. The van der Waals surface area contributed by atoms with Crippen LogP contribution in [0, 0.1) is 6.92 Å². The summed E-state index contributed by atoms with van der Waals surface area (Å²) in [4.78, 5) is 22.4. The van der Waals surface area contributed by atoms with Gasteiger partial charge in [0.15, 0.2) is 5.96 Å². The lowest BCUT2D eigenvalue weighted by Crippen LogP contribution is -2.43. The third kappa shape index (κ3) is 6.55. The van der Waals surface area contributed by atoms with Gasteiger partial charge in [-0.3, -0.25) is 14.8 Å². The molecule has 2 aromatic rings. The first-order valence-corrected chi connectivity index (χ1v) is 8.72. The second-order valence-corrected chi connectivity index (χ2v) is 6.15. The molecule has 0 atom stereocenters. The first-order valence-electron chi connectivity index (χ1n) is 8.72. The molecule has 0 saturated carbocycles. The van der Waals surface area contributed by atoms with Gasteiger partial charge in [0.05, 0.1) is 6.54 Å². The summed E-state index contributed by atoms with van der Waals surface area (Å²) in [5.74, 6) is 0.623. The number of benzene rings is 1. The van der Waals surface area contributed by atoms with Gasteiger partial charge in [0.1, 0.15) is 0 Å². The zero-order valence-corrected chi connectivity index (χ0v) is 15.7. The van der Waals surface area contributed by atoms with Crippen molar-refractivity contribution in [3.63, 3.8) is 0 Å². The molecule has 1 aromatic carbocycles. The first kappa shape index (κ1) is 19.4. The van der Waals surface area contributed by atoms with E-state index in [0.29, 0.717) is 19.0 Å². The van der Waals surface area contributed by atoms with Crippen LogP contribution in [0.3, 0.4) is 0 Å². The summed E-state index contributed by atoms with van der Waals surface area (Å²) in [5.41, 5.74) is 3.37. The van der Waals surface area contributed by atoms with Gasteiger partial charge in [-0.05, 0) is 24.6 Å². The topological polar surface area (TPSA) is 69.6 Å². The number of rotatable bonds is 7. The zero-order chi connectivity index (χ0) is 18.8. The second-order valence-electron chi connectivity index (χ2n) is 6.15. The van der Waals surface area contributed by atoms with Gasteiger partial charge in [0, 0.05) is 45.5 Å². The predicted molar refractivity (Wildman–Crippen MR) is 105 cm³/mol. The number of hydrogen-bond acceptors (Lipinski definition) is 3. The summed E-state index contributed by atoms with van der Waals surface area (Å²) in [6, 6.07) is 14.1. The highest BCUT2D eigenvalue weighted by Gasteiger charge is 2.10. The van der Waals surface area contributed by atoms with Crippen molar-refractivity contribution in [2.45, 2.75) is 19.9 Å². The number of guanidine groups is 1. The molecule has 1 aromatic heterocycles. The van der Waals surface area contributed by atoms with Crippen molar-refractivity contribution >= 4 is 11.9 Å². The van der Waals surface area contributed by atoms with Crippen LogP contribution in [0.1, 0.15) is 16.8 Å². The summed E-state index contributed by atoms with van der Waals surface area (Å²) < 4.78 is 0. The molecule has 2 rings (SSSR count). The second kappa shape index (κ2) is 10.2. The molecule has 0 aliphatic rings. The maximum absolute atomic E-state index is 12.3. The van der Waals surface area contributed by atoms with E-state index in [9.17, 15) is 4.79 Å². The molecule has 0 bridgehead atoms. The number of nitrogens with zero attached hydrogens (tertiary/aromatic N) is 3. The Balaban J connectivity index is 1.73. The third-order valence-electron chi connectivity index (χ3n) is 4.03. The highest BCUT2D eigenvalue weighted by molar-refractivity contribution is 5.86. The fraction of sp³-hybridized carbons (Fsp3) is 0.350. The number of aliphatic imine (C=N–C) groups is 1. The zero-order valence-electron chi connectivity index (χ0n) is 15.7. The average molecular weight is 353 g/mol. The van der Waals surface area contributed by atoms with Gasteiger partial charge in [0.2, 0.25) is 5.91 Å². The van der Waals surface area contributed by atoms with Crippen molar-refractivity contribution in [1.29, 1.82) is 0 Å². The van der Waals surface area contributed by atoms with Crippen LogP contribution < -0.4 is 10.6 Å². The van der Waals surface area contributed by atoms with Crippen molar-refractivity contribution in [1.82, 2.24) is 20.5 Å². The van der Waals surface area contributed by atoms with Gasteiger partial charge in [0.25, 0.3) is 0 Å². The van der Waals surface area contributed by atoms with Crippen molar-refractivity contribution in [3.8, 4) is 0 Å². The molecule has 0 saturated heterocycles. The van der Waals surface area contributed by atoms with E-state index in [1.165, 1.54) is 11.1 Å². The lowest BCUT2D eigenvalue weighted by atomic mass is 10.1. The number of amides is 1. The van der Waals surface area contributed by atoms with E-state index in [1.54, 1.807) is 25.2 Å². The number of pyridine rings is 1. The number of hydrogen-bond donors (Lipinski definition) is 2. The number of carbonyl (C=O) groups excluding carboxylic acids is 1. The standard InChI is InChI=1S/C20H27N5O/c1-16-7-6-8-17(13-16)14-23-20(21-2)24-15-19(26)25(3)12-10-18-9-4-5-11-22-18/h4-9,11,13H,10,12,14-15H2,1-3H3,(H2,21,23,24). The molecule has 0 aliphatic carbocycles. The van der Waals surface area contributed by atoms with Crippen LogP contribution in [0.25, 0.3) is 0 Å². The van der Waals surface area contributed by atoms with E-state index in [1.807, 2.05) is 24.3 Å². The van der Waals surface area contributed by atoms with Crippen molar-refractivity contribution < 1.29 is 4.79 Å². The Hall–Kier alpha value is -2.89. The molecule has 0 fully saturated rings. The molecule has 0 aliphatic heterocycles. The summed E-state index contributed by atoms with van der Waals surface area (Å²) >= 11 is 0. The molecule has 1 amide bonds. The normalized spacial score (nSPS) is 11.1. The molecule has 0 spiro atoms. The highest BCUT2D eigenvalue weighted by Crippen LogP contribution is 2.03. The summed E-state index contributed by atoms with van der Waals surface area (Å²) in [7, 11) is 3.50. The van der Waals surface area contributed by atoms with E-state index in [0.717, 1.165) is 12.1 Å². The summed E-state index contributed by atoms with van der Waals surface area (Å²) in [5, 5.41) is 6.29. The smallest absolute Gasteiger partial charge is 0.241 e. The Labute approximate surface area is 155 Å². The maximum atomic E-state index is 12.3. The van der Waals surface area contributed by atoms with Crippen LogP contribution in [-0.2, 0) is 17.8 Å². The van der Waals surface area contributed by atoms with Crippen LogP contribution in [0.2, 0.25) is 0 Å². The molecular weight excluding hydrogens is 326 g/mol. The van der Waals surface area contributed by atoms with Gasteiger partial charge < -0.3 is 15.5 Å². The Kier molecular flexibility index (Phi) is 7.61. The molecule has 0 radical (unpaired) electrons. The molecule has 6 nitrogen and oxygen atoms in total. The molecular formula is C20H27N5O. The molecule has 6 heteroatoms. The van der Waals surface area contributed by atoms with Crippen molar-refractivity contribution in [3.05, 3.63) is 65.5 Å². The number of aryl methyl sites for hydroxylation is 1. The number of likely N-dealkylation sites (N-methyl/N-ethyl adjacent to an activating group) is 1. The number of aromatic nitrogens is 1.